The minimum absolute atomic E-state index is 0.338. The molecular weight excluding hydrogens is 410 g/mol. The van der Waals surface area contributed by atoms with Gasteiger partial charge in [0.2, 0.25) is 0 Å². The summed E-state index contributed by atoms with van der Waals surface area (Å²) >= 11 is 0. The van der Waals surface area contributed by atoms with E-state index in [9.17, 15) is 9.59 Å². The number of imidazole rings is 1. The van der Waals surface area contributed by atoms with Crippen LogP contribution in [0.15, 0.2) is 55.1 Å². The van der Waals surface area contributed by atoms with Gasteiger partial charge in [-0.2, -0.15) is 0 Å². The second-order valence-corrected chi connectivity index (χ2v) is 8.26. The van der Waals surface area contributed by atoms with Crippen LogP contribution in [-0.2, 0) is 20.7 Å². The Balaban J connectivity index is 1.73. The molecular formula is C23H27N5O4. The van der Waals surface area contributed by atoms with Crippen LogP contribution in [0.4, 0.5) is 16.3 Å². The quantitative estimate of drug-likeness (QED) is 0.445. The Morgan fingerprint density at radius 2 is 1.84 bits per heavy atom. The average molecular weight is 438 g/mol. The molecule has 3 N–H and O–H groups in total. The van der Waals surface area contributed by atoms with Crippen LogP contribution in [0.5, 0.6) is 0 Å². The molecule has 9 nitrogen and oxygen atoms in total. The normalized spacial score (nSPS) is 12.1. The summed E-state index contributed by atoms with van der Waals surface area (Å²) < 4.78 is 12.0. The number of nitrogen functional groups attached to an aromatic ring is 1. The number of ether oxygens (including phenoxy) is 2. The molecule has 0 bridgehead atoms. The van der Waals surface area contributed by atoms with Crippen LogP contribution >= 0.6 is 0 Å². The second-order valence-electron chi connectivity index (χ2n) is 8.26. The summed E-state index contributed by atoms with van der Waals surface area (Å²) in [5, 5.41) is 2.58. The lowest BCUT2D eigenvalue weighted by Crippen LogP contribution is -2.27. The number of methoxy groups -OCH3 is 1. The maximum absolute atomic E-state index is 12.5. The first-order chi connectivity index (χ1) is 15.1. The lowest BCUT2D eigenvalue weighted by Gasteiger charge is -2.19. The number of hydrogen-bond acceptors (Lipinski definition) is 7. The SMILES string of the molecule is COC(=O)C(Cc1ccc(NC(=O)OC(C)(C)C)nc1)c1cn(-c2ccc(N)cc2)cn1. The van der Waals surface area contributed by atoms with Crippen molar-refractivity contribution in [3.8, 4) is 5.69 Å². The van der Waals surface area contributed by atoms with Gasteiger partial charge in [0.1, 0.15) is 17.3 Å². The van der Waals surface area contributed by atoms with Crippen LogP contribution in [0.1, 0.15) is 37.9 Å². The van der Waals surface area contributed by atoms with Crippen LogP contribution in [-0.4, -0.2) is 39.3 Å². The monoisotopic (exact) mass is 437 g/mol. The molecule has 0 spiro atoms. The molecule has 168 valence electrons. The topological polar surface area (TPSA) is 121 Å². The highest BCUT2D eigenvalue weighted by atomic mass is 16.6. The highest BCUT2D eigenvalue weighted by molar-refractivity contribution is 5.83. The molecule has 1 unspecified atom stereocenters. The number of nitrogens with zero attached hydrogens (tertiary/aromatic N) is 3. The van der Waals surface area contributed by atoms with E-state index in [1.807, 2.05) is 16.7 Å². The molecule has 1 aromatic carbocycles. The molecule has 0 saturated heterocycles. The summed E-state index contributed by atoms with van der Waals surface area (Å²) in [6, 6.07) is 10.8. The van der Waals surface area contributed by atoms with E-state index in [4.69, 9.17) is 15.2 Å². The zero-order chi connectivity index (χ0) is 23.3. The number of pyridine rings is 1. The highest BCUT2D eigenvalue weighted by Crippen LogP contribution is 2.23. The maximum atomic E-state index is 12.5. The molecule has 32 heavy (non-hydrogen) atoms. The van der Waals surface area contributed by atoms with Crippen LogP contribution in [0, 0.1) is 0 Å². The molecule has 2 aromatic heterocycles. The van der Waals surface area contributed by atoms with Crippen LogP contribution in [0.2, 0.25) is 0 Å². The van der Waals surface area contributed by atoms with Crippen molar-refractivity contribution in [2.75, 3.05) is 18.2 Å². The van der Waals surface area contributed by atoms with Gasteiger partial charge >= 0.3 is 12.1 Å². The number of benzene rings is 1. The van der Waals surface area contributed by atoms with Gasteiger partial charge in [-0.15, -0.1) is 0 Å². The van der Waals surface area contributed by atoms with Crippen molar-refractivity contribution >= 4 is 23.6 Å². The molecule has 0 fully saturated rings. The van der Waals surface area contributed by atoms with Crippen molar-refractivity contribution in [3.63, 3.8) is 0 Å². The van der Waals surface area contributed by atoms with Gasteiger partial charge in [-0.1, -0.05) is 6.07 Å². The third-order valence-electron chi connectivity index (χ3n) is 4.53. The lowest BCUT2D eigenvalue weighted by atomic mass is 9.97. The van der Waals surface area contributed by atoms with Gasteiger partial charge in [-0.25, -0.2) is 14.8 Å². The van der Waals surface area contributed by atoms with Crippen LogP contribution < -0.4 is 11.1 Å². The van der Waals surface area contributed by atoms with E-state index in [0.717, 1.165) is 11.3 Å². The number of esters is 1. The van der Waals surface area contributed by atoms with Crippen molar-refractivity contribution in [2.45, 2.75) is 38.7 Å². The number of nitrogens with one attached hydrogen (secondary N) is 1. The van der Waals surface area contributed by atoms with Crippen molar-refractivity contribution in [1.82, 2.24) is 14.5 Å². The minimum atomic E-state index is -0.610. The number of amides is 1. The molecule has 0 aliphatic carbocycles. The molecule has 1 amide bonds. The van der Waals surface area contributed by atoms with Gasteiger partial charge in [-0.05, 0) is 63.1 Å². The molecule has 9 heteroatoms. The number of nitrogens with two attached hydrogens (primary N) is 1. The Morgan fingerprint density at radius 3 is 2.44 bits per heavy atom. The van der Waals surface area contributed by atoms with E-state index in [2.05, 4.69) is 15.3 Å². The fourth-order valence-corrected chi connectivity index (χ4v) is 3.02. The molecule has 3 rings (SSSR count). The molecule has 0 saturated carbocycles. The first kappa shape index (κ1) is 22.8. The van der Waals surface area contributed by atoms with E-state index in [0.29, 0.717) is 23.6 Å². The molecule has 0 aliphatic rings. The molecule has 0 radical (unpaired) electrons. The third-order valence-corrected chi connectivity index (χ3v) is 4.53. The van der Waals surface area contributed by atoms with Gasteiger partial charge in [0.15, 0.2) is 0 Å². The van der Waals surface area contributed by atoms with E-state index in [1.165, 1.54) is 7.11 Å². The lowest BCUT2D eigenvalue weighted by molar-refractivity contribution is -0.142. The van der Waals surface area contributed by atoms with Crippen LogP contribution in [0.25, 0.3) is 5.69 Å². The van der Waals surface area contributed by atoms with Gasteiger partial charge in [-0.3, -0.25) is 10.1 Å². The molecule has 3 aromatic rings. The number of carbonyl (C=O) groups excluding carboxylic acids is 2. The van der Waals surface area contributed by atoms with Crippen molar-refractivity contribution in [1.29, 1.82) is 0 Å². The first-order valence-electron chi connectivity index (χ1n) is 10.1. The average Bonchev–Trinajstić information content (AvgIpc) is 3.21. The molecule has 1 atom stereocenters. The van der Waals surface area contributed by atoms with E-state index < -0.39 is 23.6 Å². The molecule has 0 aliphatic heterocycles. The fraction of sp³-hybridized carbons (Fsp3) is 0.304. The Bertz CT molecular complexity index is 1070. The maximum Gasteiger partial charge on any atom is 0.413 e. The summed E-state index contributed by atoms with van der Waals surface area (Å²) in [5.74, 6) is -0.657. The van der Waals surface area contributed by atoms with Gasteiger partial charge in [0, 0.05) is 23.8 Å². The summed E-state index contributed by atoms with van der Waals surface area (Å²) in [7, 11) is 1.35. The third kappa shape index (κ3) is 6.07. The van der Waals surface area contributed by atoms with Gasteiger partial charge < -0.3 is 19.8 Å². The Kier molecular flexibility index (Phi) is 6.77. The Hall–Kier alpha value is -3.88. The zero-order valence-corrected chi connectivity index (χ0v) is 18.5. The Labute approximate surface area is 186 Å². The van der Waals surface area contributed by atoms with Gasteiger partial charge in [0.25, 0.3) is 0 Å². The zero-order valence-electron chi connectivity index (χ0n) is 18.5. The summed E-state index contributed by atoms with van der Waals surface area (Å²) in [4.78, 5) is 33.0. The minimum Gasteiger partial charge on any atom is -0.468 e. The summed E-state index contributed by atoms with van der Waals surface area (Å²) in [5.41, 5.74) is 8.04. The van der Waals surface area contributed by atoms with Crippen molar-refractivity contribution in [2.24, 2.45) is 0 Å². The summed E-state index contributed by atoms with van der Waals surface area (Å²) in [6.45, 7) is 5.35. The van der Waals surface area contributed by atoms with E-state index >= 15 is 0 Å². The largest absolute Gasteiger partial charge is 0.468 e. The summed E-state index contributed by atoms with van der Waals surface area (Å²) in [6.07, 6.45) is 4.78. The number of hydrogen-bond donors (Lipinski definition) is 2. The first-order valence-corrected chi connectivity index (χ1v) is 10.1. The van der Waals surface area contributed by atoms with Gasteiger partial charge in [0.05, 0.1) is 19.1 Å². The number of anilines is 2. The fourth-order valence-electron chi connectivity index (χ4n) is 3.02. The standard InChI is InChI=1S/C23H27N5O4/c1-23(2,3)32-22(30)27-20-10-5-15(12-25-20)11-18(21(29)31-4)19-13-28(14-26-19)17-8-6-16(24)7-9-17/h5-10,12-14,18H,11,24H2,1-4H3,(H,25,27,30). The molecule has 2 heterocycles. The number of aromatic nitrogens is 3. The van der Waals surface area contributed by atoms with Crippen LogP contribution in [0.3, 0.4) is 0 Å². The number of carbonyl (C=O) groups is 2. The smallest absolute Gasteiger partial charge is 0.413 e. The van der Waals surface area contributed by atoms with E-state index in [1.54, 1.807) is 63.8 Å². The van der Waals surface area contributed by atoms with E-state index in [-0.39, 0.29) is 0 Å². The predicted molar refractivity (Wildman–Crippen MR) is 121 cm³/mol. The highest BCUT2D eigenvalue weighted by Gasteiger charge is 2.25. The predicted octanol–water partition coefficient (Wildman–Crippen LogP) is 3.70. The van der Waals surface area contributed by atoms with Crippen molar-refractivity contribution < 1.29 is 19.1 Å². The number of rotatable bonds is 6. The Morgan fingerprint density at radius 1 is 1.12 bits per heavy atom. The second kappa shape index (κ2) is 9.51. The van der Waals surface area contributed by atoms with Crippen molar-refractivity contribution in [3.05, 3.63) is 66.4 Å².